The van der Waals surface area contributed by atoms with Crippen molar-refractivity contribution in [2.24, 2.45) is 11.1 Å². The molecule has 0 aliphatic carbocycles. The summed E-state index contributed by atoms with van der Waals surface area (Å²) in [5.41, 5.74) is 9.33. The zero-order valence-electron chi connectivity index (χ0n) is 11.5. The van der Waals surface area contributed by atoms with Crippen LogP contribution in [-0.4, -0.2) is 14.8 Å². The second-order valence-corrected chi connectivity index (χ2v) is 5.81. The number of hydrogen-bond acceptors (Lipinski definition) is 2. The van der Waals surface area contributed by atoms with Crippen molar-refractivity contribution < 1.29 is 0 Å². The summed E-state index contributed by atoms with van der Waals surface area (Å²) in [6, 6.07) is 0. The lowest BCUT2D eigenvalue weighted by Gasteiger charge is -2.22. The molecule has 0 unspecified atom stereocenters. The topological polar surface area (TPSA) is 43.8 Å². The van der Waals surface area contributed by atoms with Crippen molar-refractivity contribution in [3.8, 4) is 0 Å². The molecule has 0 aliphatic rings. The molecule has 0 radical (unpaired) electrons. The van der Waals surface area contributed by atoms with Gasteiger partial charge in [-0.3, -0.25) is 4.68 Å². The first kappa shape index (κ1) is 14.2. The van der Waals surface area contributed by atoms with E-state index in [9.17, 15) is 0 Å². The molecule has 0 fully saturated rings. The van der Waals surface area contributed by atoms with Crippen LogP contribution in [-0.2, 0) is 6.54 Å². The Morgan fingerprint density at radius 3 is 2.35 bits per heavy atom. The first-order valence-corrected chi connectivity index (χ1v) is 6.47. The van der Waals surface area contributed by atoms with Crippen LogP contribution in [0.1, 0.15) is 43.6 Å². The van der Waals surface area contributed by atoms with Gasteiger partial charge in [-0.2, -0.15) is 5.10 Å². The molecule has 17 heavy (non-hydrogen) atoms. The zero-order chi connectivity index (χ0) is 13.2. The summed E-state index contributed by atoms with van der Waals surface area (Å²) in [7, 11) is 0. The highest BCUT2D eigenvalue weighted by atomic mass is 32.1. The molecule has 0 amide bonds. The van der Waals surface area contributed by atoms with Crippen LogP contribution in [0.25, 0.3) is 0 Å². The minimum absolute atomic E-state index is 0.0551. The van der Waals surface area contributed by atoms with Crippen LogP contribution in [0.2, 0.25) is 0 Å². The number of rotatable bonds is 5. The number of thiocarbonyl (C=S) groups is 1. The molecular formula is C13H23N3S. The minimum atomic E-state index is -0.0551. The van der Waals surface area contributed by atoms with Gasteiger partial charge >= 0.3 is 0 Å². The molecule has 0 atom stereocenters. The fourth-order valence-electron chi connectivity index (χ4n) is 1.80. The average Bonchev–Trinajstić information content (AvgIpc) is 2.46. The maximum Gasteiger partial charge on any atom is 0.0784 e. The third-order valence-corrected chi connectivity index (χ3v) is 4.13. The second kappa shape index (κ2) is 5.17. The van der Waals surface area contributed by atoms with Crippen LogP contribution in [0.15, 0.2) is 0 Å². The van der Waals surface area contributed by atoms with Gasteiger partial charge in [0, 0.05) is 17.7 Å². The average molecular weight is 253 g/mol. The number of nitrogens with two attached hydrogens (primary N) is 1. The van der Waals surface area contributed by atoms with Crippen LogP contribution >= 0.6 is 12.2 Å². The first-order chi connectivity index (χ1) is 7.75. The molecule has 0 aliphatic heterocycles. The van der Waals surface area contributed by atoms with Crippen LogP contribution < -0.4 is 5.73 Å². The largest absolute Gasteiger partial charge is 0.393 e. The van der Waals surface area contributed by atoms with E-state index in [-0.39, 0.29) is 5.41 Å². The molecule has 2 N–H and O–H groups in total. The molecular weight excluding hydrogens is 230 g/mol. The van der Waals surface area contributed by atoms with Gasteiger partial charge in [-0.1, -0.05) is 26.1 Å². The van der Waals surface area contributed by atoms with Gasteiger partial charge in [-0.05, 0) is 39.2 Å². The number of hydrogen-bond donors (Lipinski definition) is 1. The van der Waals surface area contributed by atoms with Crippen molar-refractivity contribution in [2.75, 3.05) is 0 Å². The standard InChI is InChI=1S/C13H23N3S/c1-9-10(2)15-16(11(9)3)8-6-7-13(4,5)12(14)17/h6-8H2,1-5H3,(H2,14,17). The predicted molar refractivity (Wildman–Crippen MR) is 76.2 cm³/mol. The maximum atomic E-state index is 5.72. The number of aryl methyl sites for hydroxylation is 2. The molecule has 1 aromatic rings. The van der Waals surface area contributed by atoms with E-state index in [1.165, 1.54) is 11.3 Å². The van der Waals surface area contributed by atoms with Crippen molar-refractivity contribution in [2.45, 2.75) is 54.0 Å². The first-order valence-electron chi connectivity index (χ1n) is 6.06. The van der Waals surface area contributed by atoms with Crippen molar-refractivity contribution in [1.82, 2.24) is 9.78 Å². The Morgan fingerprint density at radius 2 is 1.94 bits per heavy atom. The van der Waals surface area contributed by atoms with E-state index in [1.54, 1.807) is 0 Å². The van der Waals surface area contributed by atoms with Crippen molar-refractivity contribution in [3.05, 3.63) is 17.0 Å². The van der Waals surface area contributed by atoms with E-state index in [0.717, 1.165) is 25.1 Å². The van der Waals surface area contributed by atoms with Crippen LogP contribution in [0.3, 0.4) is 0 Å². The second-order valence-electron chi connectivity index (χ2n) is 5.37. The molecule has 0 spiro atoms. The molecule has 1 aromatic heterocycles. The van der Waals surface area contributed by atoms with Gasteiger partial charge in [0.25, 0.3) is 0 Å². The Hall–Kier alpha value is -0.900. The Bertz CT molecular complexity index is 419. The maximum absolute atomic E-state index is 5.72. The third kappa shape index (κ3) is 3.28. The summed E-state index contributed by atoms with van der Waals surface area (Å²) in [6.07, 6.45) is 2.05. The quantitative estimate of drug-likeness (QED) is 0.821. The van der Waals surface area contributed by atoms with Gasteiger partial charge in [0.05, 0.1) is 10.7 Å². The fraction of sp³-hybridized carbons (Fsp3) is 0.692. The van der Waals surface area contributed by atoms with Gasteiger partial charge in [-0.15, -0.1) is 0 Å². The van der Waals surface area contributed by atoms with Crippen molar-refractivity contribution >= 4 is 17.2 Å². The van der Waals surface area contributed by atoms with Crippen LogP contribution in [0.5, 0.6) is 0 Å². The van der Waals surface area contributed by atoms with Crippen LogP contribution in [0.4, 0.5) is 0 Å². The van der Waals surface area contributed by atoms with Crippen molar-refractivity contribution in [3.63, 3.8) is 0 Å². The molecule has 4 heteroatoms. The van der Waals surface area contributed by atoms with E-state index in [2.05, 4.69) is 44.4 Å². The lowest BCUT2D eigenvalue weighted by atomic mass is 9.88. The summed E-state index contributed by atoms with van der Waals surface area (Å²) in [5.74, 6) is 0. The van der Waals surface area contributed by atoms with E-state index in [0.29, 0.717) is 4.99 Å². The van der Waals surface area contributed by atoms with Gasteiger partial charge in [-0.25, -0.2) is 0 Å². The smallest absolute Gasteiger partial charge is 0.0784 e. The molecule has 1 heterocycles. The molecule has 0 saturated heterocycles. The van der Waals surface area contributed by atoms with Crippen LogP contribution in [0, 0.1) is 26.2 Å². The van der Waals surface area contributed by atoms with Crippen molar-refractivity contribution in [1.29, 1.82) is 0 Å². The zero-order valence-corrected chi connectivity index (χ0v) is 12.3. The summed E-state index contributed by atoms with van der Waals surface area (Å²) < 4.78 is 2.08. The Balaban J connectivity index is 2.57. The lowest BCUT2D eigenvalue weighted by molar-refractivity contribution is 0.423. The molecule has 0 saturated carbocycles. The summed E-state index contributed by atoms with van der Waals surface area (Å²) >= 11 is 5.07. The normalized spacial score (nSPS) is 11.8. The summed E-state index contributed by atoms with van der Waals surface area (Å²) in [5, 5.41) is 4.53. The van der Waals surface area contributed by atoms with Gasteiger partial charge < -0.3 is 5.73 Å². The molecule has 0 bridgehead atoms. The highest BCUT2D eigenvalue weighted by Crippen LogP contribution is 2.23. The molecule has 96 valence electrons. The highest BCUT2D eigenvalue weighted by molar-refractivity contribution is 7.80. The molecule has 1 rings (SSSR count). The molecule has 3 nitrogen and oxygen atoms in total. The van der Waals surface area contributed by atoms with E-state index >= 15 is 0 Å². The number of aromatic nitrogens is 2. The SMILES string of the molecule is Cc1nn(CCCC(C)(C)C(N)=S)c(C)c1C. The van der Waals surface area contributed by atoms with Gasteiger partial charge in [0.1, 0.15) is 0 Å². The Labute approximate surface area is 109 Å². The van der Waals surface area contributed by atoms with E-state index in [4.69, 9.17) is 18.0 Å². The monoisotopic (exact) mass is 253 g/mol. The third-order valence-electron chi connectivity index (χ3n) is 3.58. The Kier molecular flexibility index (Phi) is 4.31. The number of nitrogens with zero attached hydrogens (tertiary/aromatic N) is 2. The summed E-state index contributed by atoms with van der Waals surface area (Å²) in [6.45, 7) is 11.4. The molecule has 0 aromatic carbocycles. The van der Waals surface area contributed by atoms with Gasteiger partial charge in [0.15, 0.2) is 0 Å². The predicted octanol–water partition coefficient (Wildman–Crippen LogP) is 2.90. The van der Waals surface area contributed by atoms with E-state index < -0.39 is 0 Å². The fourth-order valence-corrected chi connectivity index (χ4v) is 1.90. The highest BCUT2D eigenvalue weighted by Gasteiger charge is 2.20. The van der Waals surface area contributed by atoms with Gasteiger partial charge in [0.2, 0.25) is 0 Å². The minimum Gasteiger partial charge on any atom is -0.393 e. The summed E-state index contributed by atoms with van der Waals surface area (Å²) in [4.78, 5) is 0.599. The van der Waals surface area contributed by atoms with E-state index in [1.807, 2.05) is 0 Å². The Morgan fingerprint density at radius 1 is 1.35 bits per heavy atom. The lowest BCUT2D eigenvalue weighted by Crippen LogP contribution is -2.29.